The van der Waals surface area contributed by atoms with Crippen LogP contribution >= 0.6 is 11.6 Å². The Morgan fingerprint density at radius 3 is 2.50 bits per heavy atom. The quantitative estimate of drug-likeness (QED) is 0.661. The van der Waals surface area contributed by atoms with E-state index in [0.29, 0.717) is 31.2 Å². The number of hydrogen-bond acceptors (Lipinski definition) is 4. The number of hydrogen-bond donors (Lipinski definition) is 3. The van der Waals surface area contributed by atoms with Crippen molar-refractivity contribution < 1.29 is 19.1 Å². The van der Waals surface area contributed by atoms with Crippen molar-refractivity contribution >= 4 is 23.5 Å². The maximum atomic E-state index is 12.3. The summed E-state index contributed by atoms with van der Waals surface area (Å²) in [7, 11) is 0. The smallest absolute Gasteiger partial charge is 0.312 e. The summed E-state index contributed by atoms with van der Waals surface area (Å²) in [4.78, 5) is 23.6. The molecule has 1 aliphatic rings. The second kappa shape index (κ2) is 9.32. The van der Waals surface area contributed by atoms with Gasteiger partial charge in [0, 0.05) is 11.6 Å². The number of carbonyl (C=O) groups is 2. The summed E-state index contributed by atoms with van der Waals surface area (Å²) < 4.78 is 11.1. The highest BCUT2D eigenvalue weighted by molar-refractivity contribution is 6.30. The average Bonchev–Trinajstić information content (AvgIpc) is 2.67. The zero-order valence-corrected chi connectivity index (χ0v) is 16.0. The minimum Gasteiger partial charge on any atom is -0.486 e. The highest BCUT2D eigenvalue weighted by Crippen LogP contribution is 2.30. The highest BCUT2D eigenvalue weighted by Gasteiger charge is 2.17. The summed E-state index contributed by atoms with van der Waals surface area (Å²) in [5.74, 6) is 1.28. The number of nitrogens with two attached hydrogens (primary N) is 1. The molecule has 1 heterocycles. The largest absolute Gasteiger partial charge is 0.486 e. The van der Waals surface area contributed by atoms with Crippen LogP contribution in [0.3, 0.4) is 0 Å². The van der Waals surface area contributed by atoms with E-state index in [-0.39, 0.29) is 12.3 Å². The number of amides is 3. The Morgan fingerprint density at radius 1 is 1.07 bits per heavy atom. The van der Waals surface area contributed by atoms with Gasteiger partial charge in [-0.2, -0.15) is 0 Å². The molecule has 3 rings (SSSR count). The molecule has 148 valence electrons. The number of halogens is 1. The first kappa shape index (κ1) is 19.8. The molecule has 2 aromatic carbocycles. The predicted molar refractivity (Wildman–Crippen MR) is 106 cm³/mol. The zero-order chi connectivity index (χ0) is 19.9. The minimum absolute atomic E-state index is 0.0751. The number of carbonyl (C=O) groups excluding carboxylic acids is 2. The first-order valence-corrected chi connectivity index (χ1v) is 9.36. The topological polar surface area (TPSA) is 103 Å². The molecule has 0 aliphatic carbocycles. The third-order valence-corrected chi connectivity index (χ3v) is 4.57. The Morgan fingerprint density at radius 2 is 1.79 bits per heavy atom. The van der Waals surface area contributed by atoms with Crippen LogP contribution in [0.1, 0.15) is 23.6 Å². The first-order chi connectivity index (χ1) is 13.5. The molecule has 28 heavy (non-hydrogen) atoms. The van der Waals surface area contributed by atoms with Gasteiger partial charge in [0.2, 0.25) is 5.91 Å². The van der Waals surface area contributed by atoms with E-state index >= 15 is 0 Å². The van der Waals surface area contributed by atoms with Crippen LogP contribution < -0.4 is 25.8 Å². The van der Waals surface area contributed by atoms with Crippen LogP contribution in [0.25, 0.3) is 0 Å². The number of primary amides is 1. The molecule has 0 aromatic heterocycles. The Bertz CT molecular complexity index is 842. The number of fused-ring (bicyclic) bond motifs is 1. The molecule has 0 fully saturated rings. The lowest BCUT2D eigenvalue weighted by molar-refractivity contribution is -0.121. The molecule has 0 radical (unpaired) electrons. The SMILES string of the molecule is NC(=O)N[C@@H](CC(=O)NCCc1ccc2c(c1)OCCO2)c1ccc(Cl)cc1. The average molecular weight is 404 g/mol. The summed E-state index contributed by atoms with van der Waals surface area (Å²) in [6.07, 6.45) is 0.725. The highest BCUT2D eigenvalue weighted by atomic mass is 35.5. The number of benzene rings is 2. The van der Waals surface area contributed by atoms with Crippen molar-refractivity contribution in [3.05, 3.63) is 58.6 Å². The fraction of sp³-hybridized carbons (Fsp3) is 0.300. The van der Waals surface area contributed by atoms with Crippen LogP contribution in [-0.4, -0.2) is 31.7 Å². The van der Waals surface area contributed by atoms with Crippen LogP contribution in [0.4, 0.5) is 4.79 Å². The molecule has 0 saturated carbocycles. The lowest BCUT2D eigenvalue weighted by Gasteiger charge is -2.19. The van der Waals surface area contributed by atoms with Crippen molar-refractivity contribution in [2.45, 2.75) is 18.9 Å². The molecular weight excluding hydrogens is 382 g/mol. The second-order valence-corrected chi connectivity index (χ2v) is 6.83. The monoisotopic (exact) mass is 403 g/mol. The summed E-state index contributed by atoms with van der Waals surface area (Å²) in [6, 6.07) is 11.4. The third kappa shape index (κ3) is 5.53. The molecule has 1 aliphatic heterocycles. The summed E-state index contributed by atoms with van der Waals surface area (Å²) >= 11 is 5.89. The van der Waals surface area contributed by atoms with Crippen molar-refractivity contribution in [3.63, 3.8) is 0 Å². The van der Waals surface area contributed by atoms with E-state index in [2.05, 4.69) is 10.6 Å². The standard InChI is InChI=1S/C20H22ClN3O4/c21-15-4-2-14(3-5-15)16(24-20(22)26)12-19(25)23-8-7-13-1-6-17-18(11-13)28-10-9-27-17/h1-6,11,16H,7-10,12H2,(H,23,25)(H3,22,24,26)/t16-/m0/s1. The molecule has 1 atom stereocenters. The van der Waals surface area contributed by atoms with Gasteiger partial charge in [-0.15, -0.1) is 0 Å². The van der Waals surface area contributed by atoms with E-state index in [4.69, 9.17) is 26.8 Å². The van der Waals surface area contributed by atoms with Gasteiger partial charge in [-0.1, -0.05) is 29.8 Å². The molecule has 2 aromatic rings. The van der Waals surface area contributed by atoms with Crippen LogP contribution in [0.15, 0.2) is 42.5 Å². The van der Waals surface area contributed by atoms with Crippen LogP contribution in [0, 0.1) is 0 Å². The van der Waals surface area contributed by atoms with E-state index in [9.17, 15) is 9.59 Å². The predicted octanol–water partition coefficient (Wildman–Crippen LogP) is 2.57. The van der Waals surface area contributed by atoms with E-state index in [1.165, 1.54) is 0 Å². The van der Waals surface area contributed by atoms with Gasteiger partial charge in [0.05, 0.1) is 12.5 Å². The second-order valence-electron chi connectivity index (χ2n) is 6.39. The fourth-order valence-electron chi connectivity index (χ4n) is 2.97. The molecule has 0 unspecified atom stereocenters. The van der Waals surface area contributed by atoms with E-state index in [1.807, 2.05) is 18.2 Å². The number of nitrogens with one attached hydrogen (secondary N) is 2. The van der Waals surface area contributed by atoms with Gasteiger partial charge in [-0.3, -0.25) is 4.79 Å². The molecule has 8 heteroatoms. The molecule has 0 saturated heterocycles. The van der Waals surface area contributed by atoms with Gasteiger partial charge in [0.15, 0.2) is 11.5 Å². The van der Waals surface area contributed by atoms with Gasteiger partial charge in [-0.25, -0.2) is 4.79 Å². The fourth-order valence-corrected chi connectivity index (χ4v) is 3.09. The Balaban J connectivity index is 1.53. The van der Waals surface area contributed by atoms with Gasteiger partial charge >= 0.3 is 6.03 Å². The molecular formula is C20H22ClN3O4. The van der Waals surface area contributed by atoms with Crippen LogP contribution in [0.2, 0.25) is 5.02 Å². The summed E-state index contributed by atoms with van der Waals surface area (Å²) in [6.45, 7) is 1.55. The molecule has 3 amide bonds. The lowest BCUT2D eigenvalue weighted by atomic mass is 10.0. The zero-order valence-electron chi connectivity index (χ0n) is 15.2. The van der Waals surface area contributed by atoms with Crippen molar-refractivity contribution in [1.82, 2.24) is 10.6 Å². The third-order valence-electron chi connectivity index (χ3n) is 4.32. The number of rotatable bonds is 7. The molecule has 7 nitrogen and oxygen atoms in total. The van der Waals surface area contributed by atoms with Crippen molar-refractivity contribution in [2.24, 2.45) is 5.73 Å². The maximum Gasteiger partial charge on any atom is 0.312 e. The Labute approximate surface area is 168 Å². The van der Waals surface area contributed by atoms with Gasteiger partial charge in [-0.05, 0) is 41.8 Å². The first-order valence-electron chi connectivity index (χ1n) is 8.98. The van der Waals surface area contributed by atoms with Crippen molar-refractivity contribution in [1.29, 1.82) is 0 Å². The normalized spacial score (nSPS) is 13.5. The van der Waals surface area contributed by atoms with Crippen molar-refractivity contribution in [3.8, 4) is 11.5 Å². The maximum absolute atomic E-state index is 12.3. The molecule has 0 spiro atoms. The number of urea groups is 1. The van der Waals surface area contributed by atoms with E-state index < -0.39 is 12.1 Å². The molecule has 4 N–H and O–H groups in total. The molecule has 0 bridgehead atoms. The Hall–Kier alpha value is -2.93. The number of ether oxygens (including phenoxy) is 2. The van der Waals surface area contributed by atoms with Gasteiger partial charge < -0.3 is 25.8 Å². The van der Waals surface area contributed by atoms with E-state index in [1.54, 1.807) is 24.3 Å². The summed E-state index contributed by atoms with van der Waals surface area (Å²) in [5.41, 5.74) is 7.03. The van der Waals surface area contributed by atoms with E-state index in [0.717, 1.165) is 22.6 Å². The van der Waals surface area contributed by atoms with Gasteiger partial charge in [0.1, 0.15) is 13.2 Å². The van der Waals surface area contributed by atoms with Gasteiger partial charge in [0.25, 0.3) is 0 Å². The lowest BCUT2D eigenvalue weighted by Crippen LogP contribution is -2.37. The van der Waals surface area contributed by atoms with Crippen LogP contribution in [-0.2, 0) is 11.2 Å². The minimum atomic E-state index is -0.691. The van der Waals surface area contributed by atoms with Crippen LogP contribution in [0.5, 0.6) is 11.5 Å². The summed E-state index contributed by atoms with van der Waals surface area (Å²) in [5, 5.41) is 6.03. The Kier molecular flexibility index (Phi) is 6.60. The van der Waals surface area contributed by atoms with Crippen molar-refractivity contribution in [2.75, 3.05) is 19.8 Å².